The molecule has 0 bridgehead atoms. The van der Waals surface area contributed by atoms with Gasteiger partial charge in [-0.15, -0.1) is 0 Å². The predicted molar refractivity (Wildman–Crippen MR) is 37.7 cm³/mol. The maximum atomic E-state index is 5.47. The first kappa shape index (κ1) is 7.42. The summed E-state index contributed by atoms with van der Waals surface area (Å²) in [6.07, 6.45) is 2.14. The molecule has 1 fully saturated rings. The molecule has 1 saturated heterocycles. The fraction of sp³-hybridized carbons (Fsp3) is 1.00. The van der Waals surface area contributed by atoms with E-state index in [1.54, 1.807) is 0 Å². The molecule has 3 nitrogen and oxygen atoms in total. The third-order valence-corrected chi connectivity index (χ3v) is 1.61. The Morgan fingerprint density at radius 1 is 1.67 bits per heavy atom. The van der Waals surface area contributed by atoms with E-state index in [0.29, 0.717) is 6.61 Å². The number of rotatable bonds is 2. The van der Waals surface area contributed by atoms with Crippen LogP contribution in [0, 0.1) is 0 Å². The van der Waals surface area contributed by atoms with Gasteiger partial charge in [0, 0.05) is 9.47 Å². The normalized spacial score (nSPS) is 35.3. The molecule has 0 spiro atoms. The molecule has 0 aromatic carbocycles. The molecule has 0 aromatic rings. The van der Waals surface area contributed by atoms with E-state index in [4.69, 9.17) is 15.0 Å². The molecule has 54 valence electrons. The highest BCUT2D eigenvalue weighted by molar-refractivity contribution is 7.09. The van der Waals surface area contributed by atoms with Crippen molar-refractivity contribution in [3.63, 3.8) is 0 Å². The van der Waals surface area contributed by atoms with Gasteiger partial charge in [-0.2, -0.15) is 0 Å². The number of ether oxygens (including phenoxy) is 1. The largest absolute Gasteiger partial charge is 0.363 e. The quantitative estimate of drug-likeness (QED) is 0.572. The first-order valence-corrected chi connectivity index (χ1v) is 3.53. The van der Waals surface area contributed by atoms with E-state index in [-0.39, 0.29) is 12.3 Å². The van der Waals surface area contributed by atoms with E-state index in [1.165, 1.54) is 0 Å². The van der Waals surface area contributed by atoms with Gasteiger partial charge in [-0.1, -0.05) is 0 Å². The summed E-state index contributed by atoms with van der Waals surface area (Å²) < 4.78 is 10.1. The van der Waals surface area contributed by atoms with Gasteiger partial charge < -0.3 is 15.0 Å². The SMILES string of the molecule is N[C@H]1CC[C@@H](COP)O1. The summed E-state index contributed by atoms with van der Waals surface area (Å²) in [4.78, 5) is 0. The van der Waals surface area contributed by atoms with Gasteiger partial charge in [0.1, 0.15) is 6.23 Å². The van der Waals surface area contributed by atoms with Crippen molar-refractivity contribution < 1.29 is 9.26 Å². The lowest BCUT2D eigenvalue weighted by Crippen LogP contribution is -2.21. The molecule has 4 heteroatoms. The Bertz CT molecular complexity index is 89.0. The van der Waals surface area contributed by atoms with Crippen LogP contribution in [0.5, 0.6) is 0 Å². The second-order valence-corrected chi connectivity index (χ2v) is 2.54. The van der Waals surface area contributed by atoms with Crippen LogP contribution in [0.25, 0.3) is 0 Å². The van der Waals surface area contributed by atoms with Crippen LogP contribution in [0.15, 0.2) is 0 Å². The van der Waals surface area contributed by atoms with Gasteiger partial charge in [-0.25, -0.2) is 0 Å². The van der Waals surface area contributed by atoms with E-state index in [9.17, 15) is 0 Å². The van der Waals surface area contributed by atoms with Gasteiger partial charge in [0.2, 0.25) is 0 Å². The third kappa shape index (κ3) is 2.18. The van der Waals surface area contributed by atoms with Crippen LogP contribution >= 0.6 is 9.47 Å². The molecule has 1 unspecified atom stereocenters. The second-order valence-electron chi connectivity index (χ2n) is 2.21. The molecular formula is C5H12NO2P. The highest BCUT2D eigenvalue weighted by Crippen LogP contribution is 2.16. The first-order valence-electron chi connectivity index (χ1n) is 3.05. The van der Waals surface area contributed by atoms with E-state index in [0.717, 1.165) is 12.8 Å². The smallest absolute Gasteiger partial charge is 0.106 e. The van der Waals surface area contributed by atoms with Crippen molar-refractivity contribution in [3.05, 3.63) is 0 Å². The standard InChI is InChI=1S/C5H12NO2P/c6-5-2-1-4(8-5)3-7-9/h4-5H,1-3,6,9H2/t4-,5+/m0/s1. The molecule has 0 saturated carbocycles. The van der Waals surface area contributed by atoms with Crippen molar-refractivity contribution in [2.24, 2.45) is 5.73 Å². The van der Waals surface area contributed by atoms with Gasteiger partial charge in [0.15, 0.2) is 0 Å². The Hall–Kier alpha value is 0.310. The Morgan fingerprint density at radius 2 is 2.44 bits per heavy atom. The lowest BCUT2D eigenvalue weighted by atomic mass is 10.2. The van der Waals surface area contributed by atoms with E-state index in [2.05, 4.69) is 9.47 Å². The minimum absolute atomic E-state index is 0.0600. The number of hydrogen-bond acceptors (Lipinski definition) is 3. The van der Waals surface area contributed by atoms with Crippen LogP contribution in [0.2, 0.25) is 0 Å². The Kier molecular flexibility index (Phi) is 2.86. The van der Waals surface area contributed by atoms with E-state index < -0.39 is 0 Å². The molecule has 0 aliphatic carbocycles. The van der Waals surface area contributed by atoms with Crippen molar-refractivity contribution >= 4 is 9.47 Å². The minimum Gasteiger partial charge on any atom is -0.363 e. The molecular weight excluding hydrogens is 137 g/mol. The Morgan fingerprint density at radius 3 is 2.89 bits per heavy atom. The lowest BCUT2D eigenvalue weighted by Gasteiger charge is -2.07. The molecule has 1 heterocycles. The fourth-order valence-electron chi connectivity index (χ4n) is 0.963. The first-order chi connectivity index (χ1) is 4.33. The molecule has 1 rings (SSSR count). The maximum absolute atomic E-state index is 5.47. The molecule has 3 atom stereocenters. The summed E-state index contributed by atoms with van der Waals surface area (Å²) >= 11 is 0. The summed E-state index contributed by atoms with van der Waals surface area (Å²) in [6, 6.07) is 0. The van der Waals surface area contributed by atoms with E-state index >= 15 is 0 Å². The number of hydrogen-bond donors (Lipinski definition) is 1. The highest BCUT2D eigenvalue weighted by Gasteiger charge is 2.21. The molecule has 9 heavy (non-hydrogen) atoms. The van der Waals surface area contributed by atoms with Crippen LogP contribution in [0.3, 0.4) is 0 Å². The molecule has 2 N–H and O–H groups in total. The summed E-state index contributed by atoms with van der Waals surface area (Å²) in [7, 11) is 2.20. The molecule has 0 amide bonds. The monoisotopic (exact) mass is 149 g/mol. The fourth-order valence-corrected chi connectivity index (χ4v) is 1.18. The average molecular weight is 149 g/mol. The zero-order valence-corrected chi connectivity index (χ0v) is 6.40. The predicted octanol–water partition coefficient (Wildman–Crippen LogP) is 0.257. The zero-order valence-electron chi connectivity index (χ0n) is 5.25. The van der Waals surface area contributed by atoms with Crippen molar-refractivity contribution in [1.29, 1.82) is 0 Å². The minimum atomic E-state index is -0.0600. The zero-order chi connectivity index (χ0) is 6.69. The van der Waals surface area contributed by atoms with Crippen LogP contribution in [0.4, 0.5) is 0 Å². The topological polar surface area (TPSA) is 44.5 Å². The summed E-state index contributed by atoms with van der Waals surface area (Å²) in [5.74, 6) is 0. The summed E-state index contributed by atoms with van der Waals surface area (Å²) in [5.41, 5.74) is 5.47. The van der Waals surface area contributed by atoms with Crippen molar-refractivity contribution in [2.45, 2.75) is 25.2 Å². The Labute approximate surface area is 57.2 Å². The third-order valence-electron chi connectivity index (χ3n) is 1.42. The lowest BCUT2D eigenvalue weighted by molar-refractivity contribution is 0.0252. The van der Waals surface area contributed by atoms with Crippen molar-refractivity contribution in [2.75, 3.05) is 6.61 Å². The summed E-state index contributed by atoms with van der Waals surface area (Å²) in [6.45, 7) is 0.637. The molecule has 1 aliphatic heterocycles. The molecule has 0 aromatic heterocycles. The molecule has 0 radical (unpaired) electrons. The van der Waals surface area contributed by atoms with Gasteiger partial charge >= 0.3 is 0 Å². The Balaban J connectivity index is 2.14. The molecule has 1 aliphatic rings. The van der Waals surface area contributed by atoms with Gasteiger partial charge in [0.25, 0.3) is 0 Å². The van der Waals surface area contributed by atoms with Crippen LogP contribution in [-0.4, -0.2) is 18.9 Å². The van der Waals surface area contributed by atoms with Crippen LogP contribution in [-0.2, 0) is 9.26 Å². The summed E-state index contributed by atoms with van der Waals surface area (Å²) in [5, 5.41) is 0. The van der Waals surface area contributed by atoms with Crippen molar-refractivity contribution in [3.8, 4) is 0 Å². The average Bonchev–Trinajstić information content (AvgIpc) is 2.17. The van der Waals surface area contributed by atoms with Gasteiger partial charge in [0.05, 0.1) is 12.7 Å². The van der Waals surface area contributed by atoms with Gasteiger partial charge in [-0.3, -0.25) is 0 Å². The van der Waals surface area contributed by atoms with E-state index in [1.807, 2.05) is 0 Å². The van der Waals surface area contributed by atoms with Gasteiger partial charge in [-0.05, 0) is 12.8 Å². The second kappa shape index (κ2) is 3.47. The van der Waals surface area contributed by atoms with Crippen LogP contribution < -0.4 is 5.73 Å². The van der Waals surface area contributed by atoms with Crippen molar-refractivity contribution in [1.82, 2.24) is 0 Å². The number of nitrogens with two attached hydrogens (primary N) is 1. The highest BCUT2D eigenvalue weighted by atomic mass is 31.0. The van der Waals surface area contributed by atoms with Crippen LogP contribution in [0.1, 0.15) is 12.8 Å². The maximum Gasteiger partial charge on any atom is 0.106 e.